The van der Waals surface area contributed by atoms with Gasteiger partial charge in [0.05, 0.1) is 22.3 Å². The van der Waals surface area contributed by atoms with E-state index in [-0.39, 0.29) is 24.5 Å². The minimum Gasteiger partial charge on any atom is -0.507 e. The molecular weight excluding hydrogens is 349 g/mol. The van der Waals surface area contributed by atoms with Crippen LogP contribution in [0.1, 0.15) is 23.7 Å². The number of phenols is 1. The molecule has 0 aliphatic heterocycles. The summed E-state index contributed by atoms with van der Waals surface area (Å²) in [7, 11) is 0. The zero-order valence-electron chi connectivity index (χ0n) is 9.98. The number of benzene rings is 1. The summed E-state index contributed by atoms with van der Waals surface area (Å²) >= 11 is 1.95. The predicted octanol–water partition coefficient (Wildman–Crippen LogP) is 0.860. The Labute approximate surface area is 119 Å². The van der Waals surface area contributed by atoms with Gasteiger partial charge in [0.25, 0.3) is 5.91 Å². The Morgan fingerprint density at radius 1 is 1.39 bits per heavy atom. The van der Waals surface area contributed by atoms with Crippen LogP contribution in [0, 0.1) is 3.57 Å². The minimum absolute atomic E-state index is 0.0262. The molecule has 6 heteroatoms. The maximum atomic E-state index is 12.0. The summed E-state index contributed by atoms with van der Waals surface area (Å²) in [6.45, 7) is 1.07. The predicted molar refractivity (Wildman–Crippen MR) is 75.5 cm³/mol. The van der Waals surface area contributed by atoms with Crippen molar-refractivity contribution in [1.82, 2.24) is 5.32 Å². The van der Waals surface area contributed by atoms with Crippen molar-refractivity contribution in [1.29, 1.82) is 0 Å². The molecule has 0 spiro atoms. The highest BCUT2D eigenvalue weighted by molar-refractivity contribution is 14.1. The molecule has 4 N–H and O–H groups in total. The lowest BCUT2D eigenvalue weighted by atomic mass is 9.98. The molecule has 1 amide bonds. The summed E-state index contributed by atoms with van der Waals surface area (Å²) in [5.74, 6) is -0.412. The number of aromatic hydroxyl groups is 1. The van der Waals surface area contributed by atoms with Gasteiger partial charge >= 0.3 is 0 Å². The number of rotatable bonds is 5. The van der Waals surface area contributed by atoms with Crippen molar-refractivity contribution < 1.29 is 20.1 Å². The Morgan fingerprint density at radius 3 is 2.44 bits per heavy atom. The molecule has 0 aliphatic carbocycles. The second kappa shape index (κ2) is 6.35. The van der Waals surface area contributed by atoms with Crippen LogP contribution in [0.2, 0.25) is 0 Å². The molecule has 0 saturated carbocycles. The number of phenolic OH excluding ortho intramolecular Hbond substituents is 1. The largest absolute Gasteiger partial charge is 0.507 e. The molecule has 0 bridgehead atoms. The van der Waals surface area contributed by atoms with Gasteiger partial charge in [0.2, 0.25) is 0 Å². The average Bonchev–Trinajstić information content (AvgIpc) is 2.39. The Morgan fingerprint density at radius 2 is 2.00 bits per heavy atom. The molecule has 0 saturated heterocycles. The van der Waals surface area contributed by atoms with Crippen LogP contribution in [0.3, 0.4) is 0 Å². The van der Waals surface area contributed by atoms with E-state index in [2.05, 4.69) is 5.32 Å². The number of amides is 1. The van der Waals surface area contributed by atoms with E-state index in [1.165, 1.54) is 6.07 Å². The Bertz CT molecular complexity index is 424. The molecule has 0 atom stereocenters. The maximum absolute atomic E-state index is 12.0. The van der Waals surface area contributed by atoms with Crippen LogP contribution in [-0.4, -0.2) is 40.0 Å². The van der Waals surface area contributed by atoms with Crippen LogP contribution in [0.4, 0.5) is 0 Å². The quantitative estimate of drug-likeness (QED) is 0.583. The zero-order valence-corrected chi connectivity index (χ0v) is 12.1. The van der Waals surface area contributed by atoms with E-state index >= 15 is 0 Å². The fourth-order valence-corrected chi connectivity index (χ4v) is 1.74. The second-order valence-corrected chi connectivity index (χ2v) is 5.23. The summed E-state index contributed by atoms with van der Waals surface area (Å²) in [4.78, 5) is 12.0. The van der Waals surface area contributed by atoms with Gasteiger partial charge in [-0.2, -0.15) is 0 Å². The number of aliphatic hydroxyl groups is 2. The number of hydrogen-bond acceptors (Lipinski definition) is 4. The van der Waals surface area contributed by atoms with E-state index in [0.717, 1.165) is 0 Å². The summed E-state index contributed by atoms with van der Waals surface area (Å²) < 4.78 is 0.648. The van der Waals surface area contributed by atoms with Crippen molar-refractivity contribution in [3.05, 3.63) is 27.3 Å². The lowest BCUT2D eigenvalue weighted by Gasteiger charge is -2.29. The van der Waals surface area contributed by atoms with Crippen molar-refractivity contribution in [2.24, 2.45) is 0 Å². The first-order valence-corrected chi connectivity index (χ1v) is 6.58. The van der Waals surface area contributed by atoms with Gasteiger partial charge in [0, 0.05) is 5.56 Å². The van der Waals surface area contributed by atoms with Gasteiger partial charge in [0.15, 0.2) is 0 Å². The SMILES string of the molecule is CCC(CO)(CO)NC(=O)c1ccc(I)c(O)c1. The highest BCUT2D eigenvalue weighted by Crippen LogP contribution is 2.21. The maximum Gasteiger partial charge on any atom is 0.252 e. The molecule has 0 aliphatic rings. The molecular formula is C12H16INO4. The third kappa shape index (κ3) is 3.33. The molecule has 1 aromatic rings. The highest BCUT2D eigenvalue weighted by atomic mass is 127. The van der Waals surface area contributed by atoms with Gasteiger partial charge in [-0.1, -0.05) is 6.92 Å². The van der Waals surface area contributed by atoms with E-state index in [1.54, 1.807) is 19.1 Å². The van der Waals surface area contributed by atoms with Gasteiger partial charge in [-0.15, -0.1) is 0 Å². The number of carbonyl (C=O) groups is 1. The average molecular weight is 365 g/mol. The number of aliphatic hydroxyl groups excluding tert-OH is 2. The van der Waals surface area contributed by atoms with Crippen molar-refractivity contribution in [3.8, 4) is 5.75 Å². The van der Waals surface area contributed by atoms with Gasteiger partial charge in [-0.3, -0.25) is 4.79 Å². The van der Waals surface area contributed by atoms with E-state index in [4.69, 9.17) is 0 Å². The second-order valence-electron chi connectivity index (χ2n) is 4.07. The molecule has 0 aromatic heterocycles. The van der Waals surface area contributed by atoms with Crippen LogP contribution in [0.25, 0.3) is 0 Å². The monoisotopic (exact) mass is 365 g/mol. The van der Waals surface area contributed by atoms with Crippen molar-refractivity contribution >= 4 is 28.5 Å². The van der Waals surface area contributed by atoms with Crippen LogP contribution < -0.4 is 5.32 Å². The first-order valence-electron chi connectivity index (χ1n) is 5.50. The summed E-state index contributed by atoms with van der Waals surface area (Å²) in [6, 6.07) is 4.55. The molecule has 0 heterocycles. The van der Waals surface area contributed by atoms with Crippen LogP contribution in [0.5, 0.6) is 5.75 Å². The lowest BCUT2D eigenvalue weighted by Crippen LogP contribution is -2.53. The Kier molecular flexibility index (Phi) is 5.36. The molecule has 0 unspecified atom stereocenters. The van der Waals surface area contributed by atoms with Crippen LogP contribution in [0.15, 0.2) is 18.2 Å². The van der Waals surface area contributed by atoms with Gasteiger partial charge in [0.1, 0.15) is 5.75 Å². The van der Waals surface area contributed by atoms with Gasteiger partial charge < -0.3 is 20.6 Å². The van der Waals surface area contributed by atoms with E-state index in [9.17, 15) is 20.1 Å². The first-order chi connectivity index (χ1) is 8.48. The molecule has 0 radical (unpaired) electrons. The van der Waals surface area contributed by atoms with Gasteiger partial charge in [-0.05, 0) is 47.2 Å². The van der Waals surface area contributed by atoms with Crippen LogP contribution >= 0.6 is 22.6 Å². The van der Waals surface area contributed by atoms with E-state index in [0.29, 0.717) is 9.99 Å². The summed E-state index contributed by atoms with van der Waals surface area (Å²) in [5, 5.41) is 30.6. The molecule has 0 fully saturated rings. The van der Waals surface area contributed by atoms with Crippen LogP contribution in [-0.2, 0) is 0 Å². The molecule has 5 nitrogen and oxygen atoms in total. The molecule has 1 rings (SSSR count). The molecule has 18 heavy (non-hydrogen) atoms. The fourth-order valence-electron chi connectivity index (χ4n) is 1.41. The normalized spacial score (nSPS) is 11.3. The topological polar surface area (TPSA) is 89.8 Å². The number of halogens is 1. The van der Waals surface area contributed by atoms with E-state index < -0.39 is 11.4 Å². The lowest BCUT2D eigenvalue weighted by molar-refractivity contribution is 0.0652. The van der Waals surface area contributed by atoms with Crippen molar-refractivity contribution in [2.75, 3.05) is 13.2 Å². The standard InChI is InChI=1S/C12H16INO4/c1-2-12(6-15,7-16)14-11(18)8-3-4-9(13)10(17)5-8/h3-5,15-17H,2,6-7H2,1H3,(H,14,18). The highest BCUT2D eigenvalue weighted by Gasteiger charge is 2.29. The van der Waals surface area contributed by atoms with Crippen molar-refractivity contribution in [3.63, 3.8) is 0 Å². The number of hydrogen-bond donors (Lipinski definition) is 4. The van der Waals surface area contributed by atoms with Gasteiger partial charge in [-0.25, -0.2) is 0 Å². The number of carbonyl (C=O) groups excluding carboxylic acids is 1. The third-order valence-electron chi connectivity index (χ3n) is 2.87. The zero-order chi connectivity index (χ0) is 13.8. The fraction of sp³-hybridized carbons (Fsp3) is 0.417. The molecule has 100 valence electrons. The third-order valence-corrected chi connectivity index (χ3v) is 3.78. The Hall–Kier alpha value is -0.860. The smallest absolute Gasteiger partial charge is 0.252 e. The van der Waals surface area contributed by atoms with E-state index in [1.807, 2.05) is 22.6 Å². The minimum atomic E-state index is -1.03. The summed E-state index contributed by atoms with van der Waals surface area (Å²) in [5.41, 5.74) is -0.747. The first kappa shape index (κ1) is 15.2. The Balaban J connectivity index is 2.90. The molecule has 1 aromatic carbocycles. The van der Waals surface area contributed by atoms with Crippen molar-refractivity contribution in [2.45, 2.75) is 18.9 Å². The summed E-state index contributed by atoms with van der Waals surface area (Å²) in [6.07, 6.45) is 0.405. The number of nitrogens with one attached hydrogen (secondary N) is 1.